The second-order valence-electron chi connectivity index (χ2n) is 16.7. The molecule has 0 bridgehead atoms. The Morgan fingerprint density at radius 2 is 0.897 bits per heavy atom. The summed E-state index contributed by atoms with van der Waals surface area (Å²) in [6.45, 7) is 6.73. The number of benzene rings is 3. The molecule has 0 nitrogen and oxygen atoms in total. The second kappa shape index (κ2) is 22.5. The molecule has 0 aliphatic rings. The fourth-order valence-electron chi connectivity index (χ4n) is 8.55. The van der Waals surface area contributed by atoms with Crippen LogP contribution < -0.4 is 0 Å². The van der Waals surface area contributed by atoms with Gasteiger partial charge >= 0.3 is 0 Å². The molecule has 306 valence electrons. The lowest BCUT2D eigenvalue weighted by molar-refractivity contribution is 0.557. The molecule has 0 aliphatic carbocycles. The lowest BCUT2D eigenvalue weighted by atomic mass is 9.95. The van der Waals surface area contributed by atoms with Crippen LogP contribution >= 0.6 is 45.3 Å². The van der Waals surface area contributed by atoms with Crippen molar-refractivity contribution in [1.82, 2.24) is 0 Å². The van der Waals surface area contributed by atoms with E-state index in [1.165, 1.54) is 212 Å². The SMILES string of the molecule is C/C=C\c1cc2sc(-c3ccc(CCCCCCCCCCCC)s3)cc2cc1-c1ccc2cc3sc(-c4ccc(CCCCCCCCCCC)s4)cc3cc2c1. The second-order valence-corrected chi connectivity index (χ2v) is 21.2. The summed E-state index contributed by atoms with van der Waals surface area (Å²) < 4.78 is 2.75. The molecular formula is C54H66S4. The molecule has 7 aromatic rings. The third kappa shape index (κ3) is 11.8. The average molecular weight is 843 g/mol. The van der Waals surface area contributed by atoms with Crippen LogP contribution in [0.1, 0.15) is 158 Å². The van der Waals surface area contributed by atoms with E-state index in [0.29, 0.717) is 0 Å². The summed E-state index contributed by atoms with van der Waals surface area (Å²) >= 11 is 7.90. The summed E-state index contributed by atoms with van der Waals surface area (Å²) in [6, 6.07) is 31.1. The van der Waals surface area contributed by atoms with E-state index in [1.54, 1.807) is 0 Å². The molecule has 0 radical (unpaired) electrons. The van der Waals surface area contributed by atoms with E-state index < -0.39 is 0 Å². The molecule has 4 heterocycles. The molecule has 4 aromatic heterocycles. The van der Waals surface area contributed by atoms with Gasteiger partial charge in [0, 0.05) is 38.7 Å². The number of hydrogen-bond acceptors (Lipinski definition) is 4. The summed E-state index contributed by atoms with van der Waals surface area (Å²) in [6.07, 6.45) is 33.4. The van der Waals surface area contributed by atoms with Crippen LogP contribution in [0.15, 0.2) is 84.9 Å². The van der Waals surface area contributed by atoms with Crippen molar-refractivity contribution in [3.63, 3.8) is 0 Å². The van der Waals surface area contributed by atoms with Crippen molar-refractivity contribution in [3.8, 4) is 30.6 Å². The highest BCUT2D eigenvalue weighted by Crippen LogP contribution is 2.43. The van der Waals surface area contributed by atoms with Gasteiger partial charge in [-0.15, -0.1) is 45.3 Å². The smallest absolute Gasteiger partial charge is 0.0455 e. The zero-order chi connectivity index (χ0) is 39.9. The van der Waals surface area contributed by atoms with Crippen LogP contribution in [0, 0.1) is 0 Å². The molecule has 0 aliphatic heterocycles. The first-order chi connectivity index (χ1) is 28.6. The largest absolute Gasteiger partial charge is 0.139 e. The Morgan fingerprint density at radius 3 is 1.43 bits per heavy atom. The highest BCUT2D eigenvalue weighted by atomic mass is 32.1. The topological polar surface area (TPSA) is 0 Å². The maximum absolute atomic E-state index is 2.44. The van der Waals surface area contributed by atoms with Crippen LogP contribution in [0.25, 0.3) is 67.7 Å². The molecule has 0 saturated carbocycles. The average Bonchev–Trinajstić information content (AvgIpc) is 4.06. The van der Waals surface area contributed by atoms with Gasteiger partial charge in [0.1, 0.15) is 0 Å². The number of allylic oxidation sites excluding steroid dienone is 1. The third-order valence-electron chi connectivity index (χ3n) is 11.9. The van der Waals surface area contributed by atoms with Gasteiger partial charge in [0.15, 0.2) is 0 Å². The number of fused-ring (bicyclic) bond motifs is 3. The summed E-state index contributed by atoms with van der Waals surface area (Å²) in [5, 5.41) is 5.34. The van der Waals surface area contributed by atoms with Crippen molar-refractivity contribution < 1.29 is 0 Å². The Kier molecular flexibility index (Phi) is 16.7. The molecule has 0 fully saturated rings. The summed E-state index contributed by atoms with van der Waals surface area (Å²) in [5.41, 5.74) is 3.90. The Morgan fingerprint density at radius 1 is 0.397 bits per heavy atom. The van der Waals surface area contributed by atoms with Crippen molar-refractivity contribution in [2.24, 2.45) is 0 Å². The normalized spacial score (nSPS) is 12.1. The van der Waals surface area contributed by atoms with Crippen LogP contribution in [0.2, 0.25) is 0 Å². The van der Waals surface area contributed by atoms with Crippen LogP contribution in [0.4, 0.5) is 0 Å². The molecular weight excluding hydrogens is 777 g/mol. The molecule has 0 spiro atoms. The van der Waals surface area contributed by atoms with E-state index >= 15 is 0 Å². The number of rotatable bonds is 25. The number of hydrogen-bond donors (Lipinski definition) is 0. The number of aryl methyl sites for hydroxylation is 2. The van der Waals surface area contributed by atoms with E-state index in [4.69, 9.17) is 0 Å². The lowest BCUT2D eigenvalue weighted by Crippen LogP contribution is -1.84. The van der Waals surface area contributed by atoms with E-state index in [2.05, 4.69) is 112 Å². The maximum Gasteiger partial charge on any atom is 0.0455 e. The van der Waals surface area contributed by atoms with Gasteiger partial charge in [0.2, 0.25) is 0 Å². The first-order valence-electron chi connectivity index (χ1n) is 23.0. The first kappa shape index (κ1) is 43.1. The quantitative estimate of drug-likeness (QED) is 0.0503. The zero-order valence-electron chi connectivity index (χ0n) is 35.6. The fourth-order valence-corrected chi connectivity index (χ4v) is 13.0. The third-order valence-corrected chi connectivity index (χ3v) is 16.8. The first-order valence-corrected chi connectivity index (χ1v) is 26.2. The highest BCUT2D eigenvalue weighted by Gasteiger charge is 2.14. The van der Waals surface area contributed by atoms with Crippen LogP contribution in [0.3, 0.4) is 0 Å². The van der Waals surface area contributed by atoms with Crippen LogP contribution in [-0.4, -0.2) is 0 Å². The van der Waals surface area contributed by atoms with Crippen molar-refractivity contribution >= 4 is 82.4 Å². The minimum atomic E-state index is 1.22. The van der Waals surface area contributed by atoms with Crippen LogP contribution in [0.5, 0.6) is 0 Å². The Bertz CT molecular complexity index is 2340. The molecule has 3 aromatic carbocycles. The van der Waals surface area contributed by atoms with Gasteiger partial charge in [-0.25, -0.2) is 0 Å². The van der Waals surface area contributed by atoms with Crippen LogP contribution in [-0.2, 0) is 12.8 Å². The summed E-state index contributed by atoms with van der Waals surface area (Å²) in [4.78, 5) is 8.71. The Balaban J connectivity index is 0.987. The monoisotopic (exact) mass is 842 g/mol. The van der Waals surface area contributed by atoms with E-state index in [1.807, 2.05) is 45.3 Å². The van der Waals surface area contributed by atoms with Crippen molar-refractivity contribution in [2.75, 3.05) is 0 Å². The van der Waals surface area contributed by atoms with Gasteiger partial charge in [-0.2, -0.15) is 0 Å². The molecule has 0 saturated heterocycles. The molecule has 0 amide bonds. The van der Waals surface area contributed by atoms with Crippen molar-refractivity contribution in [3.05, 3.63) is 100 Å². The molecule has 4 heteroatoms. The lowest BCUT2D eigenvalue weighted by Gasteiger charge is -2.09. The fraction of sp³-hybridized carbons (Fsp3) is 0.444. The zero-order valence-corrected chi connectivity index (χ0v) is 38.9. The predicted molar refractivity (Wildman–Crippen MR) is 268 cm³/mol. The molecule has 0 unspecified atom stereocenters. The maximum atomic E-state index is 2.44. The minimum absolute atomic E-state index is 1.22. The molecule has 0 N–H and O–H groups in total. The standard InChI is InChI=1S/C54H66S4/c1-4-7-9-11-13-15-17-19-21-23-26-47-30-32-50(56-47)54-39-45-35-48(41(24-6-3)37-52(45)58-54)42-28-27-40-36-51-44(34-43(40)33-42)38-53(57-51)49-31-29-46(55-49)25-22-20-18-16-14-12-10-8-5-2/h6,24,27-39H,4-5,7-23,25-26H2,1-3H3/b24-6-. The number of thiophene rings is 4. The van der Waals surface area contributed by atoms with Gasteiger partial charge < -0.3 is 0 Å². The molecule has 7 rings (SSSR count). The summed E-state index contributed by atoms with van der Waals surface area (Å²) in [5.74, 6) is 0. The molecule has 0 atom stereocenters. The van der Waals surface area contributed by atoms with Crippen molar-refractivity contribution in [1.29, 1.82) is 0 Å². The molecule has 58 heavy (non-hydrogen) atoms. The van der Waals surface area contributed by atoms with Gasteiger partial charge in [-0.3, -0.25) is 0 Å². The van der Waals surface area contributed by atoms with Gasteiger partial charge in [0.05, 0.1) is 0 Å². The predicted octanol–water partition coefficient (Wildman–Crippen LogP) is 20.0. The van der Waals surface area contributed by atoms with E-state index in [-0.39, 0.29) is 0 Å². The van der Waals surface area contributed by atoms with E-state index in [9.17, 15) is 0 Å². The Labute approximate surface area is 366 Å². The van der Waals surface area contributed by atoms with E-state index in [0.717, 1.165) is 0 Å². The Hall–Kier alpha value is -3.02. The summed E-state index contributed by atoms with van der Waals surface area (Å²) in [7, 11) is 0. The van der Waals surface area contributed by atoms with Gasteiger partial charge in [0.25, 0.3) is 0 Å². The highest BCUT2D eigenvalue weighted by molar-refractivity contribution is 7.26. The van der Waals surface area contributed by atoms with Crippen molar-refractivity contribution in [2.45, 2.75) is 156 Å². The number of unbranched alkanes of at least 4 members (excludes halogenated alkanes) is 17. The minimum Gasteiger partial charge on any atom is -0.139 e. The van der Waals surface area contributed by atoms with Gasteiger partial charge in [-0.05, 0) is 138 Å². The van der Waals surface area contributed by atoms with Gasteiger partial charge in [-0.1, -0.05) is 147 Å².